The zero-order valence-electron chi connectivity index (χ0n) is 11.0. The average molecular weight is 278 g/mol. The van der Waals surface area contributed by atoms with Gasteiger partial charge in [-0.05, 0) is 12.8 Å². The summed E-state index contributed by atoms with van der Waals surface area (Å²) in [6.45, 7) is 1.85. The summed E-state index contributed by atoms with van der Waals surface area (Å²) >= 11 is 1.32. The van der Waals surface area contributed by atoms with E-state index in [2.05, 4.69) is 16.3 Å². The molecule has 1 aromatic rings. The Hall–Kier alpha value is -1.74. The number of nitrogens with two attached hydrogens (primary N) is 1. The zero-order chi connectivity index (χ0) is 13.8. The van der Waals surface area contributed by atoms with Crippen LogP contribution in [0.5, 0.6) is 0 Å². The van der Waals surface area contributed by atoms with Crippen LogP contribution in [0.1, 0.15) is 40.9 Å². The van der Waals surface area contributed by atoms with E-state index in [1.165, 1.54) is 24.2 Å². The molecule has 3 N–H and O–H groups in total. The number of thiophene rings is 1. The van der Waals surface area contributed by atoms with E-state index in [4.69, 9.17) is 11.0 Å². The summed E-state index contributed by atoms with van der Waals surface area (Å²) < 4.78 is 0. The van der Waals surface area contributed by atoms with Crippen molar-refractivity contribution in [2.45, 2.75) is 25.7 Å². The van der Waals surface area contributed by atoms with Crippen LogP contribution in [0, 0.1) is 11.3 Å². The Morgan fingerprint density at radius 2 is 2.00 bits per heavy atom. The Balaban J connectivity index is 2.43. The largest absolute Gasteiger partial charge is 0.396 e. The molecule has 1 fully saturated rings. The highest BCUT2D eigenvalue weighted by Crippen LogP contribution is 2.38. The number of hydrogen-bond acceptors (Lipinski definition) is 5. The number of carbonyl (C=O) groups excluding carboxylic acids is 1. The van der Waals surface area contributed by atoms with Crippen molar-refractivity contribution >= 4 is 27.9 Å². The van der Waals surface area contributed by atoms with Crippen LogP contribution in [0.3, 0.4) is 0 Å². The van der Waals surface area contributed by atoms with Crippen LogP contribution >= 0.6 is 11.3 Å². The van der Waals surface area contributed by atoms with Crippen LogP contribution in [0.4, 0.5) is 10.7 Å². The van der Waals surface area contributed by atoms with Crippen molar-refractivity contribution in [3.63, 3.8) is 0 Å². The fourth-order valence-electron chi connectivity index (χ4n) is 2.36. The third kappa shape index (κ3) is 2.66. The summed E-state index contributed by atoms with van der Waals surface area (Å²) in [4.78, 5) is 14.6. The molecule has 1 aliphatic rings. The maximum absolute atomic E-state index is 12.0. The first-order valence-corrected chi connectivity index (χ1v) is 7.30. The topological polar surface area (TPSA) is 82.2 Å². The predicted molar refractivity (Wildman–Crippen MR) is 77.5 cm³/mol. The Morgan fingerprint density at radius 1 is 1.37 bits per heavy atom. The highest BCUT2D eigenvalue weighted by atomic mass is 32.1. The second kappa shape index (κ2) is 5.93. The first-order chi connectivity index (χ1) is 9.19. The molecule has 102 valence electrons. The number of rotatable bonds is 2. The van der Waals surface area contributed by atoms with Gasteiger partial charge in [0.2, 0.25) is 0 Å². The highest BCUT2D eigenvalue weighted by Gasteiger charge is 2.25. The average Bonchev–Trinajstić information content (AvgIpc) is 2.61. The molecule has 6 heteroatoms. The Kier molecular flexibility index (Phi) is 4.27. The van der Waals surface area contributed by atoms with Gasteiger partial charge >= 0.3 is 0 Å². The van der Waals surface area contributed by atoms with Gasteiger partial charge in [-0.2, -0.15) is 5.26 Å². The van der Waals surface area contributed by atoms with Gasteiger partial charge < -0.3 is 16.0 Å². The summed E-state index contributed by atoms with van der Waals surface area (Å²) in [6, 6.07) is 2.08. The molecule has 19 heavy (non-hydrogen) atoms. The standard InChI is InChI=1S/C13H18N4OS/c1-16-12(18)10-11(15)9(8-14)19-13(10)17-6-4-2-3-5-7-17/h2-7,15H2,1H3,(H,16,18). The monoisotopic (exact) mass is 278 g/mol. The van der Waals surface area contributed by atoms with Gasteiger partial charge in [-0.25, -0.2) is 0 Å². The molecule has 1 amide bonds. The molecule has 0 radical (unpaired) electrons. The number of nitriles is 1. The maximum Gasteiger partial charge on any atom is 0.256 e. The second-order valence-electron chi connectivity index (χ2n) is 4.62. The first kappa shape index (κ1) is 13.7. The molecule has 1 aromatic heterocycles. The van der Waals surface area contributed by atoms with Crippen LogP contribution in [0.25, 0.3) is 0 Å². The van der Waals surface area contributed by atoms with Crippen LogP contribution < -0.4 is 16.0 Å². The number of nitrogens with one attached hydrogen (secondary N) is 1. The van der Waals surface area contributed by atoms with Gasteiger partial charge in [0, 0.05) is 20.1 Å². The molecular formula is C13H18N4OS. The smallest absolute Gasteiger partial charge is 0.256 e. The summed E-state index contributed by atoms with van der Waals surface area (Å²) in [5.41, 5.74) is 6.71. The minimum absolute atomic E-state index is 0.213. The molecular weight excluding hydrogens is 260 g/mol. The van der Waals surface area contributed by atoms with Gasteiger partial charge in [-0.15, -0.1) is 11.3 Å². The second-order valence-corrected chi connectivity index (χ2v) is 5.62. The van der Waals surface area contributed by atoms with Crippen molar-refractivity contribution in [2.75, 3.05) is 30.8 Å². The van der Waals surface area contributed by atoms with Gasteiger partial charge in [0.15, 0.2) is 0 Å². The van der Waals surface area contributed by atoms with E-state index in [1.54, 1.807) is 7.05 Å². The number of anilines is 2. The fraction of sp³-hybridized carbons (Fsp3) is 0.538. The molecule has 2 heterocycles. The number of nitrogens with zero attached hydrogens (tertiary/aromatic N) is 2. The molecule has 0 saturated carbocycles. The summed E-state index contributed by atoms with van der Waals surface area (Å²) in [7, 11) is 1.58. The lowest BCUT2D eigenvalue weighted by Crippen LogP contribution is -2.27. The minimum Gasteiger partial charge on any atom is -0.396 e. The third-order valence-corrected chi connectivity index (χ3v) is 4.55. The van der Waals surface area contributed by atoms with Crippen LogP contribution in [-0.2, 0) is 0 Å². The Bertz CT molecular complexity index is 509. The van der Waals surface area contributed by atoms with Crippen molar-refractivity contribution in [1.29, 1.82) is 5.26 Å². The highest BCUT2D eigenvalue weighted by molar-refractivity contribution is 7.17. The number of nitrogen functional groups attached to an aromatic ring is 1. The van der Waals surface area contributed by atoms with Crippen LogP contribution in [0.15, 0.2) is 0 Å². The van der Waals surface area contributed by atoms with E-state index in [1.807, 2.05) is 0 Å². The lowest BCUT2D eigenvalue weighted by atomic mass is 10.2. The van der Waals surface area contributed by atoms with Gasteiger partial charge in [-0.3, -0.25) is 4.79 Å². The molecule has 0 bridgehead atoms. The van der Waals surface area contributed by atoms with Crippen LogP contribution in [-0.4, -0.2) is 26.0 Å². The van der Waals surface area contributed by atoms with Gasteiger partial charge in [-0.1, -0.05) is 12.8 Å². The normalized spacial score (nSPS) is 15.7. The SMILES string of the molecule is CNC(=O)c1c(N2CCCCCC2)sc(C#N)c1N. The third-order valence-electron chi connectivity index (χ3n) is 3.38. The fourth-order valence-corrected chi connectivity index (χ4v) is 3.42. The summed E-state index contributed by atoms with van der Waals surface area (Å²) in [6.07, 6.45) is 4.68. The molecule has 2 rings (SSSR count). The van der Waals surface area contributed by atoms with E-state index in [9.17, 15) is 4.79 Å². The molecule has 0 atom stereocenters. The lowest BCUT2D eigenvalue weighted by Gasteiger charge is -2.22. The van der Waals surface area contributed by atoms with Crippen molar-refractivity contribution < 1.29 is 4.79 Å². The maximum atomic E-state index is 12.0. The molecule has 1 aliphatic heterocycles. The zero-order valence-corrected chi connectivity index (χ0v) is 11.8. The molecule has 0 unspecified atom stereocenters. The van der Waals surface area contributed by atoms with Crippen molar-refractivity contribution in [3.05, 3.63) is 10.4 Å². The van der Waals surface area contributed by atoms with Gasteiger partial charge in [0.1, 0.15) is 15.9 Å². The van der Waals surface area contributed by atoms with Crippen molar-refractivity contribution in [2.24, 2.45) is 0 Å². The molecule has 1 saturated heterocycles. The van der Waals surface area contributed by atoms with Crippen molar-refractivity contribution in [3.8, 4) is 6.07 Å². The molecule has 0 aromatic carbocycles. The quantitative estimate of drug-likeness (QED) is 0.866. The van der Waals surface area contributed by atoms with E-state index < -0.39 is 0 Å². The molecule has 0 aliphatic carbocycles. The van der Waals surface area contributed by atoms with Crippen molar-refractivity contribution in [1.82, 2.24) is 5.32 Å². The number of carbonyl (C=O) groups is 1. The van der Waals surface area contributed by atoms with E-state index >= 15 is 0 Å². The van der Waals surface area contributed by atoms with Gasteiger partial charge in [0.25, 0.3) is 5.91 Å². The number of amides is 1. The first-order valence-electron chi connectivity index (χ1n) is 6.48. The van der Waals surface area contributed by atoms with Crippen LogP contribution in [0.2, 0.25) is 0 Å². The van der Waals surface area contributed by atoms with E-state index in [-0.39, 0.29) is 5.91 Å². The Labute approximate surface area is 117 Å². The lowest BCUT2D eigenvalue weighted by molar-refractivity contribution is 0.0965. The molecule has 0 spiro atoms. The predicted octanol–water partition coefficient (Wildman–Crippen LogP) is 1.94. The number of hydrogen-bond donors (Lipinski definition) is 2. The van der Waals surface area contributed by atoms with E-state index in [0.29, 0.717) is 16.1 Å². The Morgan fingerprint density at radius 3 is 2.53 bits per heavy atom. The molecule has 5 nitrogen and oxygen atoms in total. The summed E-state index contributed by atoms with van der Waals surface area (Å²) in [5.74, 6) is -0.213. The van der Waals surface area contributed by atoms with E-state index in [0.717, 1.165) is 30.9 Å². The summed E-state index contributed by atoms with van der Waals surface area (Å²) in [5, 5.41) is 12.5. The van der Waals surface area contributed by atoms with Gasteiger partial charge in [0.05, 0.1) is 11.3 Å². The minimum atomic E-state index is -0.213.